The van der Waals surface area contributed by atoms with Gasteiger partial charge in [-0.2, -0.15) is 10.2 Å². The Morgan fingerprint density at radius 1 is 1.12 bits per heavy atom. The number of primary amides is 1. The van der Waals surface area contributed by atoms with E-state index in [1.807, 2.05) is 31.2 Å². The molecule has 0 aliphatic carbocycles. The minimum absolute atomic E-state index is 0.113. The molecule has 9 nitrogen and oxygen atoms in total. The molecule has 10 heteroatoms. The zero-order chi connectivity index (χ0) is 22.7. The van der Waals surface area contributed by atoms with Gasteiger partial charge in [0.25, 0.3) is 0 Å². The van der Waals surface area contributed by atoms with Crippen molar-refractivity contribution in [2.45, 2.75) is 11.9 Å². The quantitative estimate of drug-likeness (QED) is 0.416. The topological polar surface area (TPSA) is 125 Å². The number of benzene rings is 2. The molecular weight excluding hydrogens is 428 g/mol. The van der Waals surface area contributed by atoms with Crippen molar-refractivity contribution < 1.29 is 14.3 Å². The number of ether oxygens (including phenoxy) is 1. The molecule has 3 N–H and O–H groups in total. The summed E-state index contributed by atoms with van der Waals surface area (Å²) < 4.78 is 7.23. The van der Waals surface area contributed by atoms with E-state index >= 15 is 0 Å². The fourth-order valence-corrected chi connectivity index (χ4v) is 3.95. The van der Waals surface area contributed by atoms with Gasteiger partial charge in [0.15, 0.2) is 0 Å². The summed E-state index contributed by atoms with van der Waals surface area (Å²) in [6.07, 6.45) is 1.73. The molecule has 4 rings (SSSR count). The zero-order valence-corrected chi connectivity index (χ0v) is 18.2. The number of thioether (sulfide) groups is 1. The number of methoxy groups -OCH3 is 1. The lowest BCUT2D eigenvalue weighted by molar-refractivity contribution is -0.113. The molecule has 2 aromatic carbocycles. The number of carbonyl (C=O) groups is 2. The molecule has 0 unspecified atom stereocenters. The highest BCUT2D eigenvalue weighted by molar-refractivity contribution is 8.00. The van der Waals surface area contributed by atoms with Gasteiger partial charge in [0.05, 0.1) is 24.8 Å². The molecule has 0 saturated heterocycles. The van der Waals surface area contributed by atoms with E-state index < -0.39 is 5.91 Å². The van der Waals surface area contributed by atoms with Crippen LogP contribution in [0.25, 0.3) is 16.6 Å². The third-order valence-electron chi connectivity index (χ3n) is 4.76. The van der Waals surface area contributed by atoms with E-state index in [1.165, 1.54) is 11.8 Å². The summed E-state index contributed by atoms with van der Waals surface area (Å²) in [5.74, 6) is 0.0365. The predicted octanol–water partition coefficient (Wildman–Crippen LogP) is 2.96. The summed E-state index contributed by atoms with van der Waals surface area (Å²) in [6.45, 7) is 1.86. The van der Waals surface area contributed by atoms with Gasteiger partial charge in [-0.05, 0) is 43.3 Å². The van der Waals surface area contributed by atoms with Crippen LogP contribution in [0.3, 0.4) is 0 Å². The first-order chi connectivity index (χ1) is 15.5. The first kappa shape index (κ1) is 21.3. The molecular formula is C22H20N6O3S. The molecule has 0 atom stereocenters. The largest absolute Gasteiger partial charge is 0.494 e. The number of amides is 2. The number of carbonyl (C=O) groups excluding carboxylic acids is 2. The molecule has 0 fully saturated rings. The number of fused-ring (bicyclic) bond motifs is 1. The highest BCUT2D eigenvalue weighted by Crippen LogP contribution is 2.31. The van der Waals surface area contributed by atoms with E-state index in [9.17, 15) is 9.59 Å². The molecule has 0 spiro atoms. The minimum atomic E-state index is -0.521. The maximum absolute atomic E-state index is 12.5. The molecule has 2 aromatic heterocycles. The molecule has 2 heterocycles. The van der Waals surface area contributed by atoms with Gasteiger partial charge in [0.1, 0.15) is 22.0 Å². The van der Waals surface area contributed by atoms with Crippen molar-refractivity contribution in [3.05, 3.63) is 66.0 Å². The fraction of sp³-hybridized carbons (Fsp3) is 0.136. The molecule has 0 saturated carbocycles. The van der Waals surface area contributed by atoms with Gasteiger partial charge in [0, 0.05) is 16.6 Å². The lowest BCUT2D eigenvalue weighted by Gasteiger charge is -2.11. The standard InChI is InChI=1S/C22H20N6O3S/c1-13-16-11-24-28(17-5-3-4-6-18(17)31-2)20(16)22(27-26-13)32-12-19(29)25-15-9-7-14(8-10-15)21(23)30/h3-11H,12H2,1-2H3,(H2,23,30)(H,25,29). The summed E-state index contributed by atoms with van der Waals surface area (Å²) in [4.78, 5) is 23.7. The molecule has 2 amide bonds. The molecule has 0 aliphatic heterocycles. The normalized spacial score (nSPS) is 10.8. The third-order valence-corrected chi connectivity index (χ3v) is 5.71. The summed E-state index contributed by atoms with van der Waals surface area (Å²) in [7, 11) is 1.60. The van der Waals surface area contributed by atoms with Crippen molar-refractivity contribution >= 4 is 40.2 Å². The van der Waals surface area contributed by atoms with Crippen molar-refractivity contribution in [2.24, 2.45) is 5.73 Å². The van der Waals surface area contributed by atoms with Crippen molar-refractivity contribution in [1.82, 2.24) is 20.0 Å². The second kappa shape index (κ2) is 9.06. The fourth-order valence-electron chi connectivity index (χ4n) is 3.17. The summed E-state index contributed by atoms with van der Waals surface area (Å²) >= 11 is 1.26. The Labute approximate surface area is 188 Å². The monoisotopic (exact) mass is 448 g/mol. The Kier molecular flexibility index (Phi) is 6.04. The lowest BCUT2D eigenvalue weighted by atomic mass is 10.2. The number of nitrogens with two attached hydrogens (primary N) is 1. The number of nitrogens with zero attached hydrogens (tertiary/aromatic N) is 4. The van der Waals surface area contributed by atoms with Crippen LogP contribution in [0.2, 0.25) is 0 Å². The maximum Gasteiger partial charge on any atom is 0.248 e. The number of anilines is 1. The second-order valence-corrected chi connectivity index (χ2v) is 7.82. The number of hydrogen-bond donors (Lipinski definition) is 2. The van der Waals surface area contributed by atoms with Gasteiger partial charge in [-0.3, -0.25) is 9.59 Å². The molecule has 0 aliphatic rings. The van der Waals surface area contributed by atoms with Gasteiger partial charge in [-0.25, -0.2) is 4.68 Å². The van der Waals surface area contributed by atoms with Crippen LogP contribution >= 0.6 is 11.8 Å². The van der Waals surface area contributed by atoms with Crippen LogP contribution < -0.4 is 15.8 Å². The Morgan fingerprint density at radius 2 is 1.88 bits per heavy atom. The summed E-state index contributed by atoms with van der Waals surface area (Å²) in [5, 5.41) is 17.3. The highest BCUT2D eigenvalue weighted by atomic mass is 32.2. The van der Waals surface area contributed by atoms with Crippen LogP contribution in [0.1, 0.15) is 16.1 Å². The van der Waals surface area contributed by atoms with Gasteiger partial charge in [-0.1, -0.05) is 23.9 Å². The summed E-state index contributed by atoms with van der Waals surface area (Å²) in [5.41, 5.74) is 8.44. The van der Waals surface area contributed by atoms with Crippen molar-refractivity contribution in [2.75, 3.05) is 18.2 Å². The molecule has 0 radical (unpaired) electrons. The third kappa shape index (κ3) is 4.26. The van der Waals surface area contributed by atoms with Crippen molar-refractivity contribution in [3.63, 3.8) is 0 Å². The number of para-hydroxylation sites is 2. The van der Waals surface area contributed by atoms with E-state index in [1.54, 1.807) is 42.3 Å². The van der Waals surface area contributed by atoms with Gasteiger partial charge >= 0.3 is 0 Å². The van der Waals surface area contributed by atoms with Gasteiger partial charge in [0.2, 0.25) is 11.8 Å². The second-order valence-electron chi connectivity index (χ2n) is 6.86. The SMILES string of the molecule is COc1ccccc1-n1ncc2c(C)nnc(SCC(=O)Nc3ccc(C(N)=O)cc3)c21. The Bertz CT molecular complexity index is 1300. The first-order valence-electron chi connectivity index (χ1n) is 9.65. The Balaban J connectivity index is 1.58. The Morgan fingerprint density at radius 3 is 2.59 bits per heavy atom. The number of hydrogen-bond acceptors (Lipinski definition) is 7. The zero-order valence-electron chi connectivity index (χ0n) is 17.4. The molecule has 32 heavy (non-hydrogen) atoms. The Hall–Kier alpha value is -3.92. The molecule has 4 aromatic rings. The highest BCUT2D eigenvalue weighted by Gasteiger charge is 2.18. The van der Waals surface area contributed by atoms with Crippen LogP contribution in [0, 0.1) is 6.92 Å². The van der Waals surface area contributed by atoms with E-state index in [4.69, 9.17) is 10.5 Å². The number of aromatic nitrogens is 4. The van der Waals surface area contributed by atoms with Crippen LogP contribution in [-0.4, -0.2) is 44.7 Å². The van der Waals surface area contributed by atoms with Crippen LogP contribution in [0.5, 0.6) is 5.75 Å². The average molecular weight is 449 g/mol. The summed E-state index contributed by atoms with van der Waals surface area (Å²) in [6, 6.07) is 13.9. The van der Waals surface area contributed by atoms with Crippen molar-refractivity contribution in [3.8, 4) is 11.4 Å². The van der Waals surface area contributed by atoms with E-state index in [-0.39, 0.29) is 11.7 Å². The van der Waals surface area contributed by atoms with Gasteiger partial charge < -0.3 is 15.8 Å². The predicted molar refractivity (Wildman–Crippen MR) is 122 cm³/mol. The number of rotatable bonds is 7. The van der Waals surface area contributed by atoms with Crippen LogP contribution in [-0.2, 0) is 4.79 Å². The minimum Gasteiger partial charge on any atom is -0.494 e. The van der Waals surface area contributed by atoms with E-state index in [0.717, 1.165) is 22.3 Å². The average Bonchev–Trinajstić information content (AvgIpc) is 3.25. The van der Waals surface area contributed by atoms with Crippen molar-refractivity contribution in [1.29, 1.82) is 0 Å². The van der Waals surface area contributed by atoms with Crippen LogP contribution in [0.4, 0.5) is 5.69 Å². The van der Waals surface area contributed by atoms with E-state index in [2.05, 4.69) is 20.6 Å². The lowest BCUT2D eigenvalue weighted by Crippen LogP contribution is -2.15. The first-order valence-corrected chi connectivity index (χ1v) is 10.6. The molecule has 162 valence electrons. The smallest absolute Gasteiger partial charge is 0.248 e. The van der Waals surface area contributed by atoms with Crippen LogP contribution in [0.15, 0.2) is 59.8 Å². The number of aryl methyl sites for hydroxylation is 1. The number of nitrogens with one attached hydrogen (secondary N) is 1. The van der Waals surface area contributed by atoms with E-state index in [0.29, 0.717) is 22.0 Å². The van der Waals surface area contributed by atoms with Gasteiger partial charge in [-0.15, -0.1) is 5.10 Å². The maximum atomic E-state index is 12.5. The molecule has 0 bridgehead atoms.